The van der Waals surface area contributed by atoms with E-state index in [0.29, 0.717) is 11.9 Å². The largest absolute Gasteiger partial charge is 0.483 e. The second-order valence-electron chi connectivity index (χ2n) is 8.31. The summed E-state index contributed by atoms with van der Waals surface area (Å²) in [6.45, 7) is 5.82. The molecule has 0 saturated heterocycles. The highest BCUT2D eigenvalue weighted by Gasteiger charge is 2.31. The van der Waals surface area contributed by atoms with Crippen molar-refractivity contribution >= 4 is 11.6 Å². The van der Waals surface area contributed by atoms with Gasteiger partial charge in [0.25, 0.3) is 0 Å². The third-order valence-corrected chi connectivity index (χ3v) is 5.93. The van der Waals surface area contributed by atoms with Gasteiger partial charge in [-0.15, -0.1) is 0 Å². The molecule has 7 nitrogen and oxygen atoms in total. The number of oxazole rings is 1. The zero-order valence-corrected chi connectivity index (χ0v) is 17.6. The molecule has 1 aliphatic carbocycles. The Morgan fingerprint density at radius 2 is 2.10 bits per heavy atom. The molecule has 1 aromatic carbocycles. The van der Waals surface area contributed by atoms with Gasteiger partial charge in [-0.3, -0.25) is 9.48 Å². The average molecular weight is 406 g/mol. The summed E-state index contributed by atoms with van der Waals surface area (Å²) >= 11 is 0. The van der Waals surface area contributed by atoms with Gasteiger partial charge in [0.15, 0.2) is 6.61 Å². The van der Waals surface area contributed by atoms with Crippen LogP contribution in [0.2, 0.25) is 0 Å². The van der Waals surface area contributed by atoms with Crippen molar-refractivity contribution in [3.05, 3.63) is 47.9 Å². The van der Waals surface area contributed by atoms with E-state index in [2.05, 4.69) is 23.2 Å². The fourth-order valence-electron chi connectivity index (χ4n) is 4.29. The number of rotatable bonds is 5. The van der Waals surface area contributed by atoms with Crippen molar-refractivity contribution in [2.45, 2.75) is 65.1 Å². The van der Waals surface area contributed by atoms with Gasteiger partial charge in [0.05, 0.1) is 24.1 Å². The molecule has 7 heteroatoms. The van der Waals surface area contributed by atoms with Gasteiger partial charge in [-0.25, -0.2) is 4.98 Å². The van der Waals surface area contributed by atoms with E-state index >= 15 is 0 Å². The van der Waals surface area contributed by atoms with Crippen molar-refractivity contribution in [2.24, 2.45) is 0 Å². The number of benzene rings is 1. The standard InChI is InChI=1S/C23H26N4O3/c1-14-4-7-20-21(27(14)16(3)28)9-8-19(17-11-25-26(12-17)18-5-6-18)23(20)29-13-22-24-10-15(2)30-22/h8-12,14,18H,4-7,13H2,1-3H3. The van der Waals surface area contributed by atoms with Crippen molar-refractivity contribution in [1.82, 2.24) is 14.8 Å². The second-order valence-corrected chi connectivity index (χ2v) is 8.31. The summed E-state index contributed by atoms with van der Waals surface area (Å²) in [4.78, 5) is 18.5. The summed E-state index contributed by atoms with van der Waals surface area (Å²) in [6, 6.07) is 4.76. The number of hydrogen-bond donors (Lipinski definition) is 0. The Bertz CT molecular complexity index is 1100. The van der Waals surface area contributed by atoms with E-state index in [1.54, 1.807) is 13.1 Å². The van der Waals surface area contributed by atoms with Crippen LogP contribution in [0.15, 0.2) is 35.1 Å². The minimum absolute atomic E-state index is 0.0482. The average Bonchev–Trinajstić information content (AvgIpc) is 3.30. The summed E-state index contributed by atoms with van der Waals surface area (Å²) < 4.78 is 13.9. The quantitative estimate of drug-likeness (QED) is 0.626. The monoisotopic (exact) mass is 406 g/mol. The molecule has 1 amide bonds. The number of nitrogens with zero attached hydrogens (tertiary/aromatic N) is 4. The summed E-state index contributed by atoms with van der Waals surface area (Å²) in [5.74, 6) is 2.13. The molecule has 2 aromatic heterocycles. The maximum atomic E-state index is 12.4. The molecular formula is C23H26N4O3. The molecule has 156 valence electrons. The van der Waals surface area contributed by atoms with Gasteiger partial charge in [0.2, 0.25) is 11.8 Å². The molecule has 1 fully saturated rings. The summed E-state index contributed by atoms with van der Waals surface area (Å²) in [7, 11) is 0. The zero-order valence-electron chi connectivity index (χ0n) is 17.6. The minimum Gasteiger partial charge on any atom is -0.483 e. The number of carbonyl (C=O) groups excluding carboxylic acids is 1. The van der Waals surface area contributed by atoms with E-state index in [9.17, 15) is 4.79 Å². The van der Waals surface area contributed by atoms with Crippen LogP contribution in [0.4, 0.5) is 5.69 Å². The van der Waals surface area contributed by atoms with Crippen LogP contribution in [-0.4, -0.2) is 26.7 Å². The second kappa shape index (κ2) is 7.31. The number of amides is 1. The van der Waals surface area contributed by atoms with Crippen molar-refractivity contribution in [3.8, 4) is 16.9 Å². The number of fused-ring (bicyclic) bond motifs is 1. The maximum Gasteiger partial charge on any atom is 0.232 e. The number of hydrogen-bond acceptors (Lipinski definition) is 5. The molecule has 3 aromatic rings. The van der Waals surface area contributed by atoms with Gasteiger partial charge in [0.1, 0.15) is 11.5 Å². The third kappa shape index (κ3) is 3.38. The zero-order chi connectivity index (χ0) is 20.8. The first-order valence-electron chi connectivity index (χ1n) is 10.6. The fourth-order valence-corrected chi connectivity index (χ4v) is 4.29. The normalized spacial score (nSPS) is 18.4. The summed E-state index contributed by atoms with van der Waals surface area (Å²) in [5, 5.41) is 4.55. The minimum atomic E-state index is 0.0482. The first-order chi connectivity index (χ1) is 14.5. The Morgan fingerprint density at radius 3 is 2.80 bits per heavy atom. The molecule has 5 rings (SSSR count). The van der Waals surface area contributed by atoms with Crippen molar-refractivity contribution < 1.29 is 13.9 Å². The van der Waals surface area contributed by atoms with Crippen molar-refractivity contribution in [2.75, 3.05) is 4.90 Å². The van der Waals surface area contributed by atoms with Crippen LogP contribution in [0.3, 0.4) is 0 Å². The van der Waals surface area contributed by atoms with E-state index < -0.39 is 0 Å². The lowest BCUT2D eigenvalue weighted by atomic mass is 9.92. The number of anilines is 1. The molecular weight excluding hydrogens is 380 g/mol. The van der Waals surface area contributed by atoms with Crippen LogP contribution < -0.4 is 9.64 Å². The predicted molar refractivity (Wildman–Crippen MR) is 112 cm³/mol. The highest BCUT2D eigenvalue weighted by molar-refractivity contribution is 5.95. The molecule has 2 aliphatic rings. The molecule has 0 bridgehead atoms. The van der Waals surface area contributed by atoms with Gasteiger partial charge in [-0.05, 0) is 51.7 Å². The summed E-state index contributed by atoms with van der Waals surface area (Å²) in [6.07, 6.45) is 9.80. The number of aromatic nitrogens is 3. The Hall–Kier alpha value is -3.09. The first kappa shape index (κ1) is 18.9. The third-order valence-electron chi connectivity index (χ3n) is 5.93. The van der Waals surface area contributed by atoms with Crippen LogP contribution in [0.25, 0.3) is 11.1 Å². The van der Waals surface area contributed by atoms with Gasteiger partial charge in [0, 0.05) is 35.9 Å². The highest BCUT2D eigenvalue weighted by Crippen LogP contribution is 2.44. The highest BCUT2D eigenvalue weighted by atomic mass is 16.5. The van der Waals surface area contributed by atoms with Gasteiger partial charge < -0.3 is 14.1 Å². The Kier molecular flexibility index (Phi) is 4.60. The van der Waals surface area contributed by atoms with E-state index in [-0.39, 0.29) is 18.6 Å². The Balaban J connectivity index is 1.57. The molecule has 1 unspecified atom stereocenters. The van der Waals surface area contributed by atoms with Crippen molar-refractivity contribution in [1.29, 1.82) is 0 Å². The molecule has 3 heterocycles. The summed E-state index contributed by atoms with van der Waals surface area (Å²) in [5.41, 5.74) is 4.00. The van der Waals surface area contributed by atoms with Crippen molar-refractivity contribution in [3.63, 3.8) is 0 Å². The van der Waals surface area contributed by atoms with E-state index in [4.69, 9.17) is 9.15 Å². The topological polar surface area (TPSA) is 73.4 Å². The van der Waals surface area contributed by atoms with Gasteiger partial charge >= 0.3 is 0 Å². The van der Waals surface area contributed by atoms with E-state index in [1.165, 1.54) is 12.8 Å². The van der Waals surface area contributed by atoms with Gasteiger partial charge in [-0.2, -0.15) is 5.10 Å². The van der Waals surface area contributed by atoms with Crippen LogP contribution in [-0.2, 0) is 17.8 Å². The Labute approximate surface area is 175 Å². The van der Waals surface area contributed by atoms with Crippen LogP contribution in [0.1, 0.15) is 56.4 Å². The first-order valence-corrected chi connectivity index (χ1v) is 10.6. The van der Waals surface area contributed by atoms with Crippen LogP contribution in [0.5, 0.6) is 5.75 Å². The predicted octanol–water partition coefficient (Wildman–Crippen LogP) is 4.45. The van der Waals surface area contributed by atoms with E-state index in [1.807, 2.05) is 34.8 Å². The molecule has 0 N–H and O–H groups in total. The smallest absolute Gasteiger partial charge is 0.232 e. The lowest BCUT2D eigenvalue weighted by molar-refractivity contribution is -0.117. The Morgan fingerprint density at radius 1 is 1.27 bits per heavy atom. The molecule has 0 spiro atoms. The number of aryl methyl sites for hydroxylation is 1. The molecule has 1 atom stereocenters. The van der Waals surface area contributed by atoms with Gasteiger partial charge in [-0.1, -0.05) is 0 Å². The number of carbonyl (C=O) groups is 1. The van der Waals surface area contributed by atoms with Crippen LogP contribution in [0, 0.1) is 6.92 Å². The molecule has 30 heavy (non-hydrogen) atoms. The lowest BCUT2D eigenvalue weighted by Crippen LogP contribution is -2.40. The lowest BCUT2D eigenvalue weighted by Gasteiger charge is -2.35. The fraction of sp³-hybridized carbons (Fsp3) is 0.435. The number of ether oxygens (including phenoxy) is 1. The van der Waals surface area contributed by atoms with E-state index in [0.717, 1.165) is 46.7 Å². The van der Waals surface area contributed by atoms with Crippen LogP contribution >= 0.6 is 0 Å². The molecule has 1 aliphatic heterocycles. The SMILES string of the molecule is CC(=O)N1c2ccc(-c3cnn(C4CC4)c3)c(OCc3ncc(C)o3)c2CCC1C. The molecule has 0 radical (unpaired) electrons. The maximum absolute atomic E-state index is 12.4. The molecule has 1 saturated carbocycles.